The van der Waals surface area contributed by atoms with Gasteiger partial charge in [-0.1, -0.05) is 0 Å². The average molecular weight is 1380 g/mol. The summed E-state index contributed by atoms with van der Waals surface area (Å²) in [6.07, 6.45) is -5.53. The van der Waals surface area contributed by atoms with Gasteiger partial charge in [-0.05, 0) is 41.7 Å². The minimum atomic E-state index is -3.50. The quantitative estimate of drug-likeness (QED) is 0.0846. The predicted octanol–water partition coefficient (Wildman–Crippen LogP) is 6.06. The summed E-state index contributed by atoms with van der Waals surface area (Å²) in [7, 11) is -21.6. The molecular formula is C49H100N7Ne2O21P7. The van der Waals surface area contributed by atoms with Gasteiger partial charge in [-0.3, -0.25) is 32.0 Å². The van der Waals surface area contributed by atoms with Crippen LogP contribution < -0.4 is 0 Å². The molecule has 0 radical (unpaired) electrons. The summed E-state index contributed by atoms with van der Waals surface area (Å²) in [5, 5.41) is 0. The van der Waals surface area contributed by atoms with Gasteiger partial charge in [0.15, 0.2) is 7.37 Å². The molecule has 0 aliphatic carbocycles. The Morgan fingerprint density at radius 1 is 0.337 bits per heavy atom. The van der Waals surface area contributed by atoms with Crippen molar-refractivity contribution in [1.29, 1.82) is 0 Å². The van der Waals surface area contributed by atoms with Crippen molar-refractivity contribution >= 4 is 52.5 Å². The van der Waals surface area contributed by atoms with Crippen molar-refractivity contribution in [2.24, 2.45) is 0 Å². The second-order valence-electron chi connectivity index (χ2n) is 24.3. The summed E-state index contributed by atoms with van der Waals surface area (Å²) in [6.45, 7) is 22.7. The normalized spacial score (nSPS) is 37.8. The summed E-state index contributed by atoms with van der Waals surface area (Å²) in [4.78, 5) is 2.14. The smallest absolute Gasteiger partial charge is 0.269 e. The molecule has 7 aliphatic heterocycles. The van der Waals surface area contributed by atoms with E-state index in [1.165, 1.54) is 53.3 Å². The van der Waals surface area contributed by atoms with E-state index >= 15 is 0 Å². The summed E-state index contributed by atoms with van der Waals surface area (Å²) < 4.78 is 208. The van der Waals surface area contributed by atoms with Crippen LogP contribution in [0.15, 0.2) is 0 Å². The molecular weight excluding hydrogens is 1280 g/mol. The molecule has 7 heterocycles. The second kappa shape index (κ2) is 32.8. The minimum absolute atomic E-state index is 0. The van der Waals surface area contributed by atoms with Crippen molar-refractivity contribution in [3.8, 4) is 0 Å². The molecule has 7 rings (SSSR count). The van der Waals surface area contributed by atoms with Crippen molar-refractivity contribution < 1.29 is 112 Å². The van der Waals surface area contributed by atoms with Crippen LogP contribution in [-0.4, -0.2) is 318 Å². The van der Waals surface area contributed by atoms with Gasteiger partial charge < -0.3 is 69.7 Å². The molecule has 6 unspecified atom stereocenters. The number of hydrogen-bond donors (Lipinski definition) is 0. The monoisotopic (exact) mass is 1380 g/mol. The summed E-state index contributed by atoms with van der Waals surface area (Å²) >= 11 is 0. The molecule has 0 aromatic rings. The zero-order valence-corrected chi connectivity index (χ0v) is 58.7. The van der Waals surface area contributed by atoms with Crippen molar-refractivity contribution in [3.05, 3.63) is 0 Å². The molecule has 0 N–H and O–H groups in total. The zero-order valence-electron chi connectivity index (χ0n) is 54.5. The van der Waals surface area contributed by atoms with Crippen LogP contribution in [0.25, 0.3) is 0 Å². The summed E-state index contributed by atoms with van der Waals surface area (Å²) in [6, 6.07) is 0. The molecule has 28 nitrogen and oxygen atoms in total. The predicted molar refractivity (Wildman–Crippen MR) is 320 cm³/mol. The van der Waals surface area contributed by atoms with E-state index in [0.717, 1.165) is 6.54 Å². The molecule has 20 atom stereocenters. The van der Waals surface area contributed by atoms with Crippen molar-refractivity contribution in [2.45, 2.75) is 108 Å². The topological polar surface area (TPSA) is 271 Å². The number of morpholine rings is 7. The van der Waals surface area contributed by atoms with Crippen LogP contribution >= 0.6 is 52.5 Å². The van der Waals surface area contributed by atoms with Crippen LogP contribution in [0.1, 0.15) is 37.4 Å². The molecule has 7 fully saturated rings. The molecule has 0 bridgehead atoms. The Morgan fingerprint density at radius 3 is 0.826 bits per heavy atom. The van der Waals surface area contributed by atoms with E-state index in [1.54, 1.807) is 28.0 Å². The van der Waals surface area contributed by atoms with E-state index in [0.29, 0.717) is 26.2 Å². The first-order chi connectivity index (χ1) is 39.8. The van der Waals surface area contributed by atoms with Crippen LogP contribution in [0.3, 0.4) is 0 Å². The molecule has 0 aromatic carbocycles. The van der Waals surface area contributed by atoms with Gasteiger partial charge in [0, 0.05) is 157 Å². The molecule has 0 amide bonds. The van der Waals surface area contributed by atoms with E-state index in [-0.39, 0.29) is 154 Å². The molecule has 7 aliphatic rings. The van der Waals surface area contributed by atoms with Crippen LogP contribution in [-0.2, 0) is 96.8 Å². The number of hydrogen-bond acceptors (Lipinski definition) is 22. The fourth-order valence-corrected chi connectivity index (χ4v) is 21.0. The molecule has 86 heavy (non-hydrogen) atoms. The molecule has 37 heteroatoms. The van der Waals surface area contributed by atoms with Crippen molar-refractivity contribution in [3.63, 3.8) is 0 Å². The molecule has 0 saturated carbocycles. The first-order valence-electron chi connectivity index (χ1n) is 30.1. The van der Waals surface area contributed by atoms with Crippen LogP contribution in [0, 0.1) is 12.3 Å². The van der Waals surface area contributed by atoms with Gasteiger partial charge in [0.25, 0.3) is 45.1 Å². The van der Waals surface area contributed by atoms with Gasteiger partial charge in [-0.2, -0.15) is 0 Å². The number of ether oxygens (including phenoxy) is 7. The molecule has 7 saturated heterocycles. The van der Waals surface area contributed by atoms with Gasteiger partial charge in [0.1, 0.15) is 0 Å². The largest absolute Gasteiger partial charge is 0.373 e. The third kappa shape index (κ3) is 23.5. The first-order valence-corrected chi connectivity index (χ1v) is 43.7. The van der Waals surface area contributed by atoms with Gasteiger partial charge in [0.2, 0.25) is 0 Å². The van der Waals surface area contributed by atoms with Crippen LogP contribution in [0.2, 0.25) is 0 Å². The average Bonchev–Trinajstić information content (AvgIpc) is 1.61. The molecule has 0 aromatic heterocycles. The first kappa shape index (κ1) is 74.0. The van der Waals surface area contributed by atoms with Crippen LogP contribution in [0.4, 0.5) is 0 Å². The van der Waals surface area contributed by atoms with Gasteiger partial charge in [0.05, 0.1) is 135 Å². The third-order valence-electron chi connectivity index (χ3n) is 15.4. The van der Waals surface area contributed by atoms with Gasteiger partial charge in [-0.25, -0.2) is 28.0 Å². The summed E-state index contributed by atoms with van der Waals surface area (Å²) in [5.74, 6) is 0. The maximum atomic E-state index is 14.4. The Hall–Kier alpha value is 0.588. The minimum Gasteiger partial charge on any atom is -0.373 e. The maximum absolute atomic E-state index is 14.4. The standard InChI is InChI=1S/C49H100N7O21P7.2Ne/c1-38-19-50(6)24-45(73-38)33-68-79(9,58)52-16-18-65-44(26-52)32-67-81(11,60)53-20-39(2)75-47(28-53)35-70-83(13,62)55-22-41(4)77-49(30-55)37-72-84(14,63)56-23-42(5)76-48(29-56)36-71-82(12,61)54-21-40(3)74-46(27-54)34-69-80(10,59)51-15-17-64-43(25-51)31-66-78(7,8)57;;/h38-49H,15-37H2,1-14H3;;/t38-,39-,40-,41-,42-,43-,44-,45-,46-,47-,48-,49-,79?,80?,81?,82?,83?,84?;;/m0../s1/i17T,18T;;/t17-,18+,38-,39-,40-,41-,42-,43-,44-,45-,46-,47-,48-,49-,79?,80?,81?,82?,83?,84?;;. The Balaban J connectivity index is 0.00000705. The summed E-state index contributed by atoms with van der Waals surface area (Å²) in [5.41, 5.74) is 0. The fraction of sp³-hybridized carbons (Fsp3) is 1.00. The second-order valence-corrected chi connectivity index (χ2v) is 41.6. The maximum Gasteiger partial charge on any atom is 0.269 e. The van der Waals surface area contributed by atoms with Crippen molar-refractivity contribution in [1.82, 2.24) is 32.9 Å². The Bertz CT molecular complexity index is 2580. The third-order valence-corrected chi connectivity index (χ3v) is 28.0. The van der Waals surface area contributed by atoms with Gasteiger partial charge >= 0.3 is 0 Å². The van der Waals surface area contributed by atoms with E-state index in [1.807, 2.05) is 41.7 Å². The van der Waals surface area contributed by atoms with E-state index < -0.39 is 102 Å². The number of nitrogens with zero attached hydrogens (tertiary/aromatic N) is 7. The number of rotatable bonds is 27. The van der Waals surface area contributed by atoms with Crippen LogP contribution in [0.5, 0.6) is 0 Å². The van der Waals surface area contributed by atoms with E-state index in [4.69, 9.17) is 67.6 Å². The SMILES string of the molecule is [3H][C@@H]1CN(P(C)(=O)OC[C@@H]2CN(C)C[C@H](C)O2)C[C@@H](COP(C)(=O)N2C[C@@H](COP(C)(=O)N3C[C@@H](COP(C)(=O)N4C[C@@H](COP(C)(=O)N5C[C@@H](COP(C)(=O)N6C[C@@H](COP(C)(C)=O)O[C@@H]([3H])C6)O[C@@H](C)C5)O[C@@H](C)C4)O[C@@H](C)C3)O[C@@H](C)C2)O1.[Ne].[Ne]. The Labute approximate surface area is 514 Å². The van der Waals surface area contributed by atoms with E-state index in [9.17, 15) is 32.0 Å². The fourth-order valence-electron chi connectivity index (χ4n) is 11.1. The number of likely N-dealkylation sites (N-methyl/N-ethyl adjacent to an activating group) is 1. The zero-order chi connectivity index (χ0) is 63.4. The van der Waals surface area contributed by atoms with E-state index in [2.05, 4.69) is 4.90 Å². The van der Waals surface area contributed by atoms with Gasteiger partial charge in [-0.15, -0.1) is 0 Å². The molecule has 508 valence electrons. The molecule has 0 spiro atoms. The Morgan fingerprint density at radius 2 is 0.558 bits per heavy atom. The Kier molecular flexibility index (Phi) is 28.2. The van der Waals surface area contributed by atoms with Crippen molar-refractivity contribution in [2.75, 3.05) is 211 Å².